The molecule has 22 heavy (non-hydrogen) atoms. The van der Waals surface area contributed by atoms with E-state index in [0.717, 1.165) is 5.39 Å². The van der Waals surface area contributed by atoms with Crippen LogP contribution in [0.15, 0.2) is 47.7 Å². The number of aliphatic imine (C=N–C) groups is 1. The van der Waals surface area contributed by atoms with Gasteiger partial charge in [0.05, 0.1) is 23.0 Å². The van der Waals surface area contributed by atoms with Crippen LogP contribution in [0, 0.1) is 0 Å². The van der Waals surface area contributed by atoms with Crippen molar-refractivity contribution in [2.45, 2.75) is 0 Å². The van der Waals surface area contributed by atoms with Gasteiger partial charge in [0.2, 0.25) is 0 Å². The number of hydrogen-bond acceptors (Lipinski definition) is 4. The number of anilines is 1. The Hall–Kier alpha value is -3.42. The van der Waals surface area contributed by atoms with E-state index in [0.29, 0.717) is 22.6 Å². The predicted molar refractivity (Wildman–Crippen MR) is 83.8 cm³/mol. The first kappa shape index (κ1) is 13.6. The van der Waals surface area contributed by atoms with Gasteiger partial charge in [-0.2, -0.15) is 5.10 Å². The number of H-pyrrole nitrogens is 1. The summed E-state index contributed by atoms with van der Waals surface area (Å²) in [5.41, 5.74) is 12.9. The highest BCUT2D eigenvalue weighted by Crippen LogP contribution is 2.20. The number of aromatic amines is 1. The van der Waals surface area contributed by atoms with E-state index in [2.05, 4.69) is 25.5 Å². The van der Waals surface area contributed by atoms with Gasteiger partial charge in [-0.3, -0.25) is 9.89 Å². The first-order chi connectivity index (χ1) is 10.6. The van der Waals surface area contributed by atoms with Crippen molar-refractivity contribution in [1.82, 2.24) is 15.2 Å². The largest absolute Gasteiger partial charge is 0.370 e. The summed E-state index contributed by atoms with van der Waals surface area (Å²) >= 11 is 0. The Balaban J connectivity index is 1.82. The molecule has 0 bridgehead atoms. The minimum atomic E-state index is -0.245. The number of guanidine groups is 1. The number of amides is 1. The number of pyridine rings is 1. The maximum Gasteiger partial charge on any atom is 0.255 e. The molecule has 8 heteroatoms. The van der Waals surface area contributed by atoms with E-state index in [1.54, 1.807) is 42.7 Å². The fraction of sp³-hybridized carbons (Fsp3) is 0. The lowest BCUT2D eigenvalue weighted by molar-refractivity contribution is 0.102. The van der Waals surface area contributed by atoms with Crippen LogP contribution >= 0.6 is 0 Å². The Morgan fingerprint density at radius 3 is 2.68 bits per heavy atom. The van der Waals surface area contributed by atoms with Gasteiger partial charge in [-0.15, -0.1) is 0 Å². The second kappa shape index (κ2) is 5.52. The highest BCUT2D eigenvalue weighted by Gasteiger charge is 2.09. The van der Waals surface area contributed by atoms with E-state index >= 15 is 0 Å². The Bertz CT molecular complexity index is 847. The molecule has 1 amide bonds. The molecule has 0 radical (unpaired) electrons. The van der Waals surface area contributed by atoms with Gasteiger partial charge in [-0.25, -0.2) is 9.98 Å². The molecular formula is C14H13N7O. The number of nitrogens with one attached hydrogen (secondary N) is 2. The normalized spacial score (nSPS) is 10.4. The maximum absolute atomic E-state index is 12.3. The summed E-state index contributed by atoms with van der Waals surface area (Å²) in [6.07, 6.45) is 3.21. The summed E-state index contributed by atoms with van der Waals surface area (Å²) in [6, 6.07) is 8.32. The molecule has 0 fully saturated rings. The van der Waals surface area contributed by atoms with E-state index in [9.17, 15) is 4.79 Å². The molecule has 0 aliphatic carbocycles. The quantitative estimate of drug-likeness (QED) is 0.424. The zero-order valence-corrected chi connectivity index (χ0v) is 11.4. The second-order valence-corrected chi connectivity index (χ2v) is 4.53. The van der Waals surface area contributed by atoms with Gasteiger partial charge >= 0.3 is 0 Å². The fourth-order valence-corrected chi connectivity index (χ4v) is 1.99. The van der Waals surface area contributed by atoms with Crippen LogP contribution in [0.4, 0.5) is 11.4 Å². The number of fused-ring (bicyclic) bond motifs is 1. The van der Waals surface area contributed by atoms with Crippen molar-refractivity contribution in [3.8, 4) is 0 Å². The Kier molecular flexibility index (Phi) is 3.40. The van der Waals surface area contributed by atoms with Crippen LogP contribution in [-0.2, 0) is 0 Å². The van der Waals surface area contributed by atoms with Gasteiger partial charge < -0.3 is 16.8 Å². The van der Waals surface area contributed by atoms with Gasteiger partial charge in [0.15, 0.2) is 11.6 Å². The molecule has 2 heterocycles. The Morgan fingerprint density at radius 2 is 1.95 bits per heavy atom. The van der Waals surface area contributed by atoms with Crippen molar-refractivity contribution >= 4 is 34.3 Å². The molecule has 6 N–H and O–H groups in total. The van der Waals surface area contributed by atoms with Gasteiger partial charge in [0, 0.05) is 11.8 Å². The molecule has 0 atom stereocenters. The molecule has 3 rings (SSSR count). The molecule has 2 aromatic heterocycles. The third-order valence-corrected chi connectivity index (χ3v) is 2.99. The smallest absolute Gasteiger partial charge is 0.255 e. The predicted octanol–water partition coefficient (Wildman–Crippen LogP) is 1.12. The molecular weight excluding hydrogens is 282 g/mol. The number of carbonyl (C=O) groups excluding carboxylic acids is 1. The van der Waals surface area contributed by atoms with Crippen LogP contribution in [0.25, 0.3) is 11.0 Å². The van der Waals surface area contributed by atoms with Crippen LogP contribution < -0.4 is 16.8 Å². The van der Waals surface area contributed by atoms with E-state index in [1.165, 1.54) is 0 Å². The van der Waals surface area contributed by atoms with Crippen LogP contribution in [0.5, 0.6) is 0 Å². The monoisotopic (exact) mass is 295 g/mol. The molecule has 0 saturated carbocycles. The Labute approximate surface area is 125 Å². The maximum atomic E-state index is 12.3. The minimum Gasteiger partial charge on any atom is -0.370 e. The zero-order valence-electron chi connectivity index (χ0n) is 11.4. The first-order valence-electron chi connectivity index (χ1n) is 6.42. The number of aromatic nitrogens is 3. The fourth-order valence-electron chi connectivity index (χ4n) is 1.99. The molecule has 0 saturated heterocycles. The molecule has 0 aliphatic rings. The minimum absolute atomic E-state index is 0.0312. The molecule has 0 spiro atoms. The van der Waals surface area contributed by atoms with Crippen molar-refractivity contribution in [3.63, 3.8) is 0 Å². The third-order valence-electron chi connectivity index (χ3n) is 2.99. The van der Waals surface area contributed by atoms with Crippen molar-refractivity contribution < 1.29 is 4.79 Å². The number of hydrogen-bond donors (Lipinski definition) is 4. The number of nitrogens with two attached hydrogens (primary N) is 2. The summed E-state index contributed by atoms with van der Waals surface area (Å²) < 4.78 is 0. The molecule has 1 aromatic carbocycles. The summed E-state index contributed by atoms with van der Waals surface area (Å²) in [5, 5.41) is 10.2. The van der Waals surface area contributed by atoms with Crippen molar-refractivity contribution in [2.24, 2.45) is 16.5 Å². The molecule has 3 aromatic rings. The van der Waals surface area contributed by atoms with Crippen LogP contribution in [0.2, 0.25) is 0 Å². The van der Waals surface area contributed by atoms with E-state index in [4.69, 9.17) is 11.5 Å². The van der Waals surface area contributed by atoms with Crippen LogP contribution in [0.1, 0.15) is 10.4 Å². The summed E-state index contributed by atoms with van der Waals surface area (Å²) in [4.78, 5) is 20.3. The number of carbonyl (C=O) groups is 1. The lowest BCUT2D eigenvalue weighted by Gasteiger charge is -2.06. The third kappa shape index (κ3) is 2.70. The van der Waals surface area contributed by atoms with Crippen molar-refractivity contribution in [2.75, 3.05) is 5.32 Å². The van der Waals surface area contributed by atoms with Crippen molar-refractivity contribution in [3.05, 3.63) is 48.3 Å². The van der Waals surface area contributed by atoms with Crippen molar-refractivity contribution in [1.29, 1.82) is 0 Å². The van der Waals surface area contributed by atoms with E-state index in [1.807, 2.05) is 0 Å². The molecule has 0 aliphatic heterocycles. The highest BCUT2D eigenvalue weighted by molar-refractivity contribution is 6.08. The van der Waals surface area contributed by atoms with Gasteiger partial charge in [-0.1, -0.05) is 0 Å². The SMILES string of the molecule is NC(N)=Nc1ccc(C(=O)Nc2ccnc3[nH]ncc23)cc1. The van der Waals surface area contributed by atoms with Crippen LogP contribution in [0.3, 0.4) is 0 Å². The van der Waals surface area contributed by atoms with Gasteiger partial charge in [0.25, 0.3) is 5.91 Å². The van der Waals surface area contributed by atoms with Crippen LogP contribution in [-0.4, -0.2) is 27.0 Å². The Morgan fingerprint density at radius 1 is 1.18 bits per heavy atom. The van der Waals surface area contributed by atoms with E-state index < -0.39 is 0 Å². The molecule has 8 nitrogen and oxygen atoms in total. The highest BCUT2D eigenvalue weighted by atomic mass is 16.1. The average Bonchev–Trinajstić information content (AvgIpc) is 2.97. The van der Waals surface area contributed by atoms with E-state index in [-0.39, 0.29) is 11.9 Å². The number of nitrogens with zero attached hydrogens (tertiary/aromatic N) is 3. The standard InChI is InChI=1S/C14H13N7O/c15-14(16)19-9-3-1-8(2-4-9)13(22)20-11-5-6-17-12-10(11)7-18-21-12/h1-7H,(H4,15,16,19)(H2,17,18,20,21,22). The number of rotatable bonds is 3. The first-order valence-corrected chi connectivity index (χ1v) is 6.42. The lowest BCUT2D eigenvalue weighted by atomic mass is 10.2. The second-order valence-electron chi connectivity index (χ2n) is 4.53. The molecule has 110 valence electrons. The molecule has 0 unspecified atom stereocenters. The summed E-state index contributed by atoms with van der Waals surface area (Å²) in [5.74, 6) is -0.277. The summed E-state index contributed by atoms with van der Waals surface area (Å²) in [6.45, 7) is 0. The summed E-state index contributed by atoms with van der Waals surface area (Å²) in [7, 11) is 0. The van der Waals surface area contributed by atoms with Gasteiger partial charge in [-0.05, 0) is 30.3 Å². The zero-order chi connectivity index (χ0) is 15.5. The lowest BCUT2D eigenvalue weighted by Crippen LogP contribution is -2.21. The van der Waals surface area contributed by atoms with Gasteiger partial charge in [0.1, 0.15) is 0 Å². The average molecular weight is 295 g/mol. The topological polar surface area (TPSA) is 135 Å². The number of benzene rings is 1.